The van der Waals surface area contributed by atoms with Gasteiger partial charge in [-0.2, -0.15) is 5.10 Å². The van der Waals surface area contributed by atoms with E-state index < -0.39 is 6.10 Å². The van der Waals surface area contributed by atoms with Gasteiger partial charge in [-0.1, -0.05) is 13.8 Å². The van der Waals surface area contributed by atoms with Gasteiger partial charge in [-0.15, -0.1) is 0 Å². The molecule has 0 aliphatic carbocycles. The number of aliphatic hydroxyl groups excluding tert-OH is 1. The van der Waals surface area contributed by atoms with Crippen molar-refractivity contribution < 1.29 is 5.11 Å². The average Bonchev–Trinajstić information content (AvgIpc) is 2.98. The lowest BCUT2D eigenvalue weighted by molar-refractivity contribution is 0.127. The zero-order valence-corrected chi connectivity index (χ0v) is 14.1. The summed E-state index contributed by atoms with van der Waals surface area (Å²) >= 11 is 3.61. The van der Waals surface area contributed by atoms with Crippen molar-refractivity contribution in [3.63, 3.8) is 0 Å². The Bertz CT molecular complexity index is 586. The molecule has 0 radical (unpaired) electrons. The fourth-order valence-corrected chi connectivity index (χ4v) is 2.72. The van der Waals surface area contributed by atoms with Crippen LogP contribution in [-0.4, -0.2) is 19.5 Å². The Morgan fingerprint density at radius 2 is 2.10 bits per heavy atom. The van der Waals surface area contributed by atoms with Crippen LogP contribution >= 0.6 is 15.9 Å². The van der Waals surface area contributed by atoms with Gasteiger partial charge in [0.2, 0.25) is 0 Å². The van der Waals surface area contributed by atoms with Crippen LogP contribution in [0.4, 0.5) is 0 Å². The van der Waals surface area contributed by atoms with Crippen molar-refractivity contribution in [2.24, 2.45) is 5.92 Å². The molecule has 2 rings (SSSR count). The molecule has 4 nitrogen and oxygen atoms in total. The van der Waals surface area contributed by atoms with Gasteiger partial charge in [-0.05, 0) is 47.3 Å². The van der Waals surface area contributed by atoms with Crippen molar-refractivity contribution in [3.05, 3.63) is 39.9 Å². The molecular formula is C15H22BrN3O. The van der Waals surface area contributed by atoms with Crippen LogP contribution in [0, 0.1) is 12.8 Å². The van der Waals surface area contributed by atoms with Crippen LogP contribution in [0.3, 0.4) is 0 Å². The minimum absolute atomic E-state index is 0.223. The molecule has 0 aliphatic rings. The summed E-state index contributed by atoms with van der Waals surface area (Å²) in [5, 5.41) is 14.6. The minimum atomic E-state index is -0.405. The fraction of sp³-hybridized carbons (Fsp3) is 0.533. The van der Waals surface area contributed by atoms with E-state index in [-0.39, 0.29) is 5.92 Å². The Hall–Kier alpha value is -1.07. The van der Waals surface area contributed by atoms with Gasteiger partial charge >= 0.3 is 0 Å². The van der Waals surface area contributed by atoms with E-state index in [0.29, 0.717) is 0 Å². The number of nitrogens with zero attached hydrogens (tertiary/aromatic N) is 3. The molecule has 0 amide bonds. The summed E-state index contributed by atoms with van der Waals surface area (Å²) in [6.45, 7) is 9.74. The smallest absolute Gasteiger partial charge is 0.0827 e. The summed E-state index contributed by atoms with van der Waals surface area (Å²) in [5.41, 5.74) is 3.14. The van der Waals surface area contributed by atoms with Gasteiger partial charge in [-0.25, -0.2) is 0 Å². The number of hydrogen-bond acceptors (Lipinski definition) is 2. The normalized spacial score (nSPS) is 13.2. The van der Waals surface area contributed by atoms with E-state index in [4.69, 9.17) is 0 Å². The van der Waals surface area contributed by atoms with E-state index in [1.54, 1.807) is 0 Å². The summed E-state index contributed by atoms with van der Waals surface area (Å²) in [4.78, 5) is 0. The van der Waals surface area contributed by atoms with E-state index in [2.05, 4.69) is 32.5 Å². The fourth-order valence-electron chi connectivity index (χ4n) is 2.31. The lowest BCUT2D eigenvalue weighted by Crippen LogP contribution is -2.08. The van der Waals surface area contributed by atoms with Crippen LogP contribution in [0.25, 0.3) is 0 Å². The van der Waals surface area contributed by atoms with Crippen LogP contribution in [0.2, 0.25) is 0 Å². The van der Waals surface area contributed by atoms with Crippen LogP contribution in [0.5, 0.6) is 0 Å². The molecule has 110 valence electrons. The lowest BCUT2D eigenvalue weighted by atomic mass is 10.0. The molecule has 0 saturated heterocycles. The maximum Gasteiger partial charge on any atom is 0.0827 e. The molecule has 0 aliphatic heterocycles. The summed E-state index contributed by atoms with van der Waals surface area (Å²) in [6, 6.07) is 1.98. The number of hydrogen-bond donors (Lipinski definition) is 1. The number of rotatable bonds is 5. The second-order valence-corrected chi connectivity index (χ2v) is 6.26. The molecule has 1 N–H and O–H groups in total. The zero-order chi connectivity index (χ0) is 14.9. The largest absolute Gasteiger partial charge is 0.388 e. The standard InChI is InChI=1S/C15H22BrN3O/c1-5-19-13(14(16)11(4)17-19)9-18-7-6-12(8-18)15(20)10(2)3/h6-8,10,15,20H,5,9H2,1-4H3. The first-order valence-corrected chi connectivity index (χ1v) is 7.78. The molecule has 0 saturated carbocycles. The van der Waals surface area contributed by atoms with Crippen molar-refractivity contribution in [3.8, 4) is 0 Å². The van der Waals surface area contributed by atoms with Crippen LogP contribution in [-0.2, 0) is 13.1 Å². The molecule has 2 heterocycles. The van der Waals surface area contributed by atoms with Crippen molar-refractivity contribution in [2.45, 2.75) is 46.9 Å². The van der Waals surface area contributed by atoms with E-state index in [0.717, 1.165) is 34.5 Å². The topological polar surface area (TPSA) is 43.0 Å². The predicted molar refractivity (Wildman–Crippen MR) is 83.7 cm³/mol. The molecule has 0 spiro atoms. The van der Waals surface area contributed by atoms with Gasteiger partial charge in [0.05, 0.1) is 28.5 Å². The first-order chi connectivity index (χ1) is 9.43. The van der Waals surface area contributed by atoms with Gasteiger partial charge in [0.25, 0.3) is 0 Å². The molecule has 0 aromatic carbocycles. The number of aliphatic hydroxyl groups is 1. The van der Waals surface area contributed by atoms with E-state index in [9.17, 15) is 5.11 Å². The second kappa shape index (κ2) is 6.14. The van der Waals surface area contributed by atoms with Crippen LogP contribution in [0.15, 0.2) is 22.9 Å². The molecular weight excluding hydrogens is 318 g/mol. The maximum atomic E-state index is 10.1. The Morgan fingerprint density at radius 1 is 1.40 bits per heavy atom. The SMILES string of the molecule is CCn1nc(C)c(Br)c1Cn1ccc(C(O)C(C)C)c1. The average molecular weight is 340 g/mol. The third-order valence-corrected chi connectivity index (χ3v) is 4.56. The van der Waals surface area contributed by atoms with Crippen molar-refractivity contribution >= 4 is 15.9 Å². The Labute approximate surface area is 128 Å². The molecule has 1 atom stereocenters. The van der Waals surface area contributed by atoms with Gasteiger partial charge in [-0.3, -0.25) is 4.68 Å². The summed E-state index contributed by atoms with van der Waals surface area (Å²) < 4.78 is 5.17. The van der Waals surface area contributed by atoms with Crippen LogP contribution < -0.4 is 0 Å². The van der Waals surface area contributed by atoms with Gasteiger partial charge in [0.1, 0.15) is 0 Å². The highest BCUT2D eigenvalue weighted by Crippen LogP contribution is 2.24. The second-order valence-electron chi connectivity index (χ2n) is 5.47. The predicted octanol–water partition coefficient (Wildman–Crippen LogP) is 3.51. The maximum absolute atomic E-state index is 10.1. The third-order valence-electron chi connectivity index (χ3n) is 3.53. The molecule has 0 fully saturated rings. The molecule has 20 heavy (non-hydrogen) atoms. The Balaban J connectivity index is 2.23. The third kappa shape index (κ3) is 2.99. The van der Waals surface area contributed by atoms with E-state index in [1.165, 1.54) is 0 Å². The lowest BCUT2D eigenvalue weighted by Gasteiger charge is -2.12. The highest BCUT2D eigenvalue weighted by Gasteiger charge is 2.15. The van der Waals surface area contributed by atoms with E-state index in [1.807, 2.05) is 43.9 Å². The molecule has 5 heteroatoms. The highest BCUT2D eigenvalue weighted by atomic mass is 79.9. The molecule has 1 unspecified atom stereocenters. The number of aromatic nitrogens is 3. The monoisotopic (exact) mass is 339 g/mol. The van der Waals surface area contributed by atoms with Gasteiger partial charge in [0.15, 0.2) is 0 Å². The number of halogens is 1. The van der Waals surface area contributed by atoms with Crippen LogP contribution in [0.1, 0.15) is 43.8 Å². The quantitative estimate of drug-likeness (QED) is 0.905. The first kappa shape index (κ1) is 15.3. The minimum Gasteiger partial charge on any atom is -0.388 e. The first-order valence-electron chi connectivity index (χ1n) is 6.99. The summed E-state index contributed by atoms with van der Waals surface area (Å²) in [6.07, 6.45) is 3.62. The Kier molecular flexibility index (Phi) is 4.70. The van der Waals surface area contributed by atoms with Crippen molar-refractivity contribution in [1.29, 1.82) is 0 Å². The summed E-state index contributed by atoms with van der Waals surface area (Å²) in [5.74, 6) is 0.223. The Morgan fingerprint density at radius 3 is 2.70 bits per heavy atom. The van der Waals surface area contributed by atoms with Gasteiger partial charge in [0, 0.05) is 18.9 Å². The molecule has 2 aromatic rings. The number of aryl methyl sites for hydroxylation is 2. The van der Waals surface area contributed by atoms with Crippen molar-refractivity contribution in [1.82, 2.24) is 14.3 Å². The zero-order valence-electron chi connectivity index (χ0n) is 12.5. The highest BCUT2D eigenvalue weighted by molar-refractivity contribution is 9.10. The van der Waals surface area contributed by atoms with Gasteiger partial charge < -0.3 is 9.67 Å². The van der Waals surface area contributed by atoms with E-state index >= 15 is 0 Å². The molecule has 0 bridgehead atoms. The molecule has 2 aromatic heterocycles. The summed E-state index contributed by atoms with van der Waals surface area (Å²) in [7, 11) is 0. The van der Waals surface area contributed by atoms with Crippen molar-refractivity contribution in [2.75, 3.05) is 0 Å².